The first kappa shape index (κ1) is 16.9. The molecular weight excluding hydrogens is 417 g/mol. The van der Waals surface area contributed by atoms with E-state index in [1.54, 1.807) is 18.2 Å². The number of fused-ring (bicyclic) bond motifs is 1. The van der Waals surface area contributed by atoms with Crippen LogP contribution in [0, 0.1) is 5.82 Å². The SMILES string of the molecule is O=c1c2ccsc2nc(-c2ccc(F)cc2)n1NCc1ccc(Br)cc1. The molecule has 7 heteroatoms. The Morgan fingerprint density at radius 3 is 2.54 bits per heavy atom. The first-order chi connectivity index (χ1) is 12.6. The van der Waals surface area contributed by atoms with Crippen LogP contribution in [0.1, 0.15) is 5.56 Å². The molecule has 2 aromatic heterocycles. The van der Waals surface area contributed by atoms with Crippen LogP contribution in [0.15, 0.2) is 69.2 Å². The molecule has 130 valence electrons. The fourth-order valence-corrected chi connectivity index (χ4v) is 3.64. The molecule has 2 heterocycles. The molecule has 0 fully saturated rings. The van der Waals surface area contributed by atoms with Crippen molar-refractivity contribution in [3.05, 3.63) is 86.2 Å². The van der Waals surface area contributed by atoms with Gasteiger partial charge in [0.15, 0.2) is 5.82 Å². The van der Waals surface area contributed by atoms with Gasteiger partial charge in [0.1, 0.15) is 10.6 Å². The Balaban J connectivity index is 1.79. The summed E-state index contributed by atoms with van der Waals surface area (Å²) >= 11 is 4.82. The average Bonchev–Trinajstić information content (AvgIpc) is 3.12. The number of halogens is 2. The first-order valence-electron chi connectivity index (χ1n) is 7.86. The third-order valence-electron chi connectivity index (χ3n) is 3.95. The number of rotatable bonds is 4. The Kier molecular flexibility index (Phi) is 4.57. The zero-order valence-electron chi connectivity index (χ0n) is 13.4. The van der Waals surface area contributed by atoms with Crippen molar-refractivity contribution in [1.82, 2.24) is 9.66 Å². The van der Waals surface area contributed by atoms with Gasteiger partial charge in [0.05, 0.1) is 11.9 Å². The van der Waals surface area contributed by atoms with Gasteiger partial charge in [0.25, 0.3) is 5.56 Å². The largest absolute Gasteiger partial charge is 0.317 e. The van der Waals surface area contributed by atoms with E-state index in [9.17, 15) is 9.18 Å². The summed E-state index contributed by atoms with van der Waals surface area (Å²) in [5, 5.41) is 2.40. The zero-order valence-corrected chi connectivity index (χ0v) is 15.8. The first-order valence-corrected chi connectivity index (χ1v) is 9.53. The van der Waals surface area contributed by atoms with Crippen molar-refractivity contribution in [3.8, 4) is 11.4 Å². The fraction of sp³-hybridized carbons (Fsp3) is 0.0526. The van der Waals surface area contributed by atoms with Crippen molar-refractivity contribution in [2.45, 2.75) is 6.54 Å². The molecule has 4 rings (SSSR count). The molecule has 4 aromatic rings. The normalized spacial score (nSPS) is 11.0. The minimum absolute atomic E-state index is 0.173. The quantitative estimate of drug-likeness (QED) is 0.508. The van der Waals surface area contributed by atoms with E-state index >= 15 is 0 Å². The van der Waals surface area contributed by atoms with Crippen LogP contribution in [0.2, 0.25) is 0 Å². The van der Waals surface area contributed by atoms with Crippen molar-refractivity contribution in [1.29, 1.82) is 0 Å². The molecule has 0 saturated heterocycles. The molecule has 0 radical (unpaired) electrons. The predicted molar refractivity (Wildman–Crippen MR) is 106 cm³/mol. The number of benzene rings is 2. The van der Waals surface area contributed by atoms with Gasteiger partial charge in [-0.15, -0.1) is 11.3 Å². The van der Waals surface area contributed by atoms with Crippen molar-refractivity contribution < 1.29 is 4.39 Å². The molecule has 0 spiro atoms. The number of nitrogens with one attached hydrogen (secondary N) is 1. The summed E-state index contributed by atoms with van der Waals surface area (Å²) in [5.74, 6) is 0.129. The average molecular weight is 430 g/mol. The lowest BCUT2D eigenvalue weighted by molar-refractivity contribution is 0.628. The molecule has 2 aromatic carbocycles. The summed E-state index contributed by atoms with van der Waals surface area (Å²) in [6.07, 6.45) is 0. The monoisotopic (exact) mass is 429 g/mol. The Morgan fingerprint density at radius 1 is 1.08 bits per heavy atom. The molecule has 0 aliphatic carbocycles. The Morgan fingerprint density at radius 2 is 1.81 bits per heavy atom. The molecule has 0 amide bonds. The number of nitrogens with zero attached hydrogens (tertiary/aromatic N) is 2. The van der Waals surface area contributed by atoms with E-state index in [0.717, 1.165) is 10.0 Å². The van der Waals surface area contributed by atoms with Gasteiger partial charge in [-0.25, -0.2) is 14.1 Å². The van der Waals surface area contributed by atoms with E-state index in [1.807, 2.05) is 29.6 Å². The van der Waals surface area contributed by atoms with Gasteiger partial charge in [0, 0.05) is 10.0 Å². The molecule has 0 atom stereocenters. The molecule has 0 aliphatic heterocycles. The molecular formula is C19H13BrFN3OS. The molecule has 0 bridgehead atoms. The summed E-state index contributed by atoms with van der Waals surface area (Å²) in [6, 6.07) is 15.6. The van der Waals surface area contributed by atoms with E-state index in [-0.39, 0.29) is 11.4 Å². The van der Waals surface area contributed by atoms with Crippen LogP contribution in [-0.4, -0.2) is 9.66 Å². The predicted octanol–water partition coefficient (Wildman–Crippen LogP) is 4.77. The summed E-state index contributed by atoms with van der Waals surface area (Å²) < 4.78 is 15.7. The smallest absolute Gasteiger partial charge is 0.281 e. The maximum Gasteiger partial charge on any atom is 0.281 e. The van der Waals surface area contributed by atoms with Crippen molar-refractivity contribution in [3.63, 3.8) is 0 Å². The van der Waals surface area contributed by atoms with E-state index < -0.39 is 0 Å². The van der Waals surface area contributed by atoms with E-state index in [2.05, 4.69) is 26.3 Å². The number of hydrogen-bond acceptors (Lipinski definition) is 4. The molecule has 0 unspecified atom stereocenters. The third-order valence-corrected chi connectivity index (χ3v) is 5.29. The topological polar surface area (TPSA) is 46.9 Å². The number of aromatic nitrogens is 2. The zero-order chi connectivity index (χ0) is 18.1. The van der Waals surface area contributed by atoms with Gasteiger partial charge in [-0.2, -0.15) is 0 Å². The van der Waals surface area contributed by atoms with E-state index in [1.165, 1.54) is 28.1 Å². The summed E-state index contributed by atoms with van der Waals surface area (Å²) in [5.41, 5.74) is 4.67. The Hall–Kier alpha value is -2.51. The van der Waals surface area contributed by atoms with E-state index in [4.69, 9.17) is 0 Å². The summed E-state index contributed by atoms with van der Waals surface area (Å²) in [7, 11) is 0. The van der Waals surface area contributed by atoms with Crippen LogP contribution < -0.4 is 11.0 Å². The van der Waals surface area contributed by atoms with Crippen molar-refractivity contribution >= 4 is 37.5 Å². The fourth-order valence-electron chi connectivity index (χ4n) is 2.63. The minimum atomic E-state index is -0.331. The Bertz CT molecular complexity index is 1120. The highest BCUT2D eigenvalue weighted by atomic mass is 79.9. The second-order valence-electron chi connectivity index (χ2n) is 5.68. The number of hydrogen-bond donors (Lipinski definition) is 1. The van der Waals surface area contributed by atoms with Crippen LogP contribution >= 0.6 is 27.3 Å². The highest BCUT2D eigenvalue weighted by Gasteiger charge is 2.14. The molecule has 1 N–H and O–H groups in total. The van der Waals surface area contributed by atoms with Crippen LogP contribution in [-0.2, 0) is 6.54 Å². The van der Waals surface area contributed by atoms with Gasteiger partial charge >= 0.3 is 0 Å². The lowest BCUT2D eigenvalue weighted by Crippen LogP contribution is -2.31. The molecule has 26 heavy (non-hydrogen) atoms. The van der Waals surface area contributed by atoms with Gasteiger partial charge in [-0.1, -0.05) is 28.1 Å². The van der Waals surface area contributed by atoms with E-state index in [0.29, 0.717) is 28.1 Å². The standard InChI is InChI=1S/C19H13BrFN3OS/c20-14-5-1-12(2-6-14)11-22-24-17(13-3-7-15(21)8-4-13)23-18-16(19(24)25)9-10-26-18/h1-10,22H,11H2. The van der Waals surface area contributed by atoms with Crippen molar-refractivity contribution in [2.75, 3.05) is 5.43 Å². The highest BCUT2D eigenvalue weighted by Crippen LogP contribution is 2.22. The van der Waals surface area contributed by atoms with Gasteiger partial charge < -0.3 is 5.43 Å². The van der Waals surface area contributed by atoms with Crippen LogP contribution in [0.5, 0.6) is 0 Å². The molecule has 0 saturated carbocycles. The van der Waals surface area contributed by atoms with Crippen LogP contribution in [0.3, 0.4) is 0 Å². The summed E-state index contributed by atoms with van der Waals surface area (Å²) in [4.78, 5) is 18.2. The van der Waals surface area contributed by atoms with Crippen molar-refractivity contribution in [2.24, 2.45) is 0 Å². The van der Waals surface area contributed by atoms with Gasteiger partial charge in [-0.05, 0) is 53.4 Å². The van der Waals surface area contributed by atoms with Gasteiger partial charge in [0.2, 0.25) is 0 Å². The van der Waals surface area contributed by atoms with Crippen LogP contribution in [0.4, 0.5) is 4.39 Å². The highest BCUT2D eigenvalue weighted by molar-refractivity contribution is 9.10. The maximum atomic E-state index is 13.3. The second-order valence-corrected chi connectivity index (χ2v) is 7.49. The second kappa shape index (κ2) is 7.01. The molecule has 4 nitrogen and oxygen atoms in total. The van der Waals surface area contributed by atoms with Gasteiger partial charge in [-0.3, -0.25) is 4.79 Å². The lowest BCUT2D eigenvalue weighted by Gasteiger charge is -2.15. The Labute approximate surface area is 161 Å². The maximum absolute atomic E-state index is 13.3. The third kappa shape index (κ3) is 3.27. The lowest BCUT2D eigenvalue weighted by atomic mass is 10.2. The number of thiophene rings is 1. The van der Waals surface area contributed by atoms with Crippen LogP contribution in [0.25, 0.3) is 21.6 Å². The minimum Gasteiger partial charge on any atom is -0.317 e. The molecule has 0 aliphatic rings. The summed E-state index contributed by atoms with van der Waals surface area (Å²) in [6.45, 7) is 0.457.